The molecule has 20 heavy (non-hydrogen) atoms. The van der Waals surface area contributed by atoms with Crippen LogP contribution in [0.4, 0.5) is 4.79 Å². The van der Waals surface area contributed by atoms with E-state index in [1.807, 2.05) is 32.0 Å². The third kappa shape index (κ3) is 3.34. The van der Waals surface area contributed by atoms with Crippen molar-refractivity contribution < 1.29 is 19.1 Å². The molecule has 0 aliphatic carbocycles. The van der Waals surface area contributed by atoms with Crippen molar-refractivity contribution in [3.05, 3.63) is 34.9 Å². The number of carbonyl (C=O) groups is 3. The largest absolute Gasteiger partial charge is 0.461 e. The van der Waals surface area contributed by atoms with Gasteiger partial charge in [-0.05, 0) is 25.0 Å². The highest BCUT2D eigenvalue weighted by molar-refractivity contribution is 6.05. The van der Waals surface area contributed by atoms with Gasteiger partial charge in [-0.2, -0.15) is 0 Å². The molecule has 1 aliphatic rings. The fraction of sp³-hybridized carbons (Fsp3) is 0.357. The molecule has 106 valence electrons. The molecule has 1 fully saturated rings. The summed E-state index contributed by atoms with van der Waals surface area (Å²) >= 11 is 0. The van der Waals surface area contributed by atoms with Gasteiger partial charge in [0.25, 0.3) is 5.91 Å². The number of imide groups is 1. The van der Waals surface area contributed by atoms with Crippen LogP contribution in [0.2, 0.25) is 0 Å². The van der Waals surface area contributed by atoms with Crippen LogP contribution in [-0.2, 0) is 20.9 Å². The summed E-state index contributed by atoms with van der Waals surface area (Å²) in [6, 6.07) is 4.48. The standard InChI is InChI=1S/C14H16N2O4/c1-8-3-4-9(2)10(5-8)7-20-12(17)6-11-13(18)16-14(19)15-11/h3-5,11H,6-7H2,1-2H3,(H2,15,16,18,19)/t11-/m0/s1. The lowest BCUT2D eigenvalue weighted by Crippen LogP contribution is -2.32. The van der Waals surface area contributed by atoms with E-state index < -0.39 is 23.9 Å². The first-order chi connectivity index (χ1) is 9.45. The summed E-state index contributed by atoms with van der Waals surface area (Å²) in [5.41, 5.74) is 3.05. The number of aryl methyl sites for hydroxylation is 2. The summed E-state index contributed by atoms with van der Waals surface area (Å²) in [7, 11) is 0. The van der Waals surface area contributed by atoms with Gasteiger partial charge in [-0.3, -0.25) is 14.9 Å². The molecule has 0 radical (unpaired) electrons. The molecule has 0 unspecified atom stereocenters. The fourth-order valence-corrected chi connectivity index (χ4v) is 1.94. The van der Waals surface area contributed by atoms with E-state index in [4.69, 9.17) is 4.74 Å². The predicted octanol–water partition coefficient (Wildman–Crippen LogP) is 0.945. The van der Waals surface area contributed by atoms with E-state index in [0.29, 0.717) is 0 Å². The number of esters is 1. The molecule has 0 bridgehead atoms. The van der Waals surface area contributed by atoms with Gasteiger partial charge in [-0.25, -0.2) is 4.79 Å². The Morgan fingerprint density at radius 2 is 2.05 bits per heavy atom. The Bertz CT molecular complexity index is 568. The zero-order valence-corrected chi connectivity index (χ0v) is 11.4. The molecule has 1 atom stereocenters. The summed E-state index contributed by atoms with van der Waals surface area (Å²) in [6.07, 6.45) is -0.164. The van der Waals surface area contributed by atoms with Gasteiger partial charge in [0.05, 0.1) is 6.42 Å². The number of urea groups is 1. The average Bonchev–Trinajstić information content (AvgIpc) is 2.69. The summed E-state index contributed by atoms with van der Waals surface area (Å²) in [6.45, 7) is 4.06. The Hall–Kier alpha value is -2.37. The van der Waals surface area contributed by atoms with Crippen LogP contribution in [0.5, 0.6) is 0 Å². The molecule has 1 aromatic rings. The first-order valence-electron chi connectivity index (χ1n) is 6.29. The Morgan fingerprint density at radius 3 is 2.70 bits per heavy atom. The van der Waals surface area contributed by atoms with Crippen molar-refractivity contribution in [2.75, 3.05) is 0 Å². The van der Waals surface area contributed by atoms with Crippen molar-refractivity contribution in [1.82, 2.24) is 10.6 Å². The van der Waals surface area contributed by atoms with E-state index in [1.54, 1.807) is 0 Å². The zero-order chi connectivity index (χ0) is 14.7. The topological polar surface area (TPSA) is 84.5 Å². The highest BCUT2D eigenvalue weighted by Crippen LogP contribution is 2.12. The summed E-state index contributed by atoms with van der Waals surface area (Å²) in [4.78, 5) is 33.9. The molecule has 3 amide bonds. The predicted molar refractivity (Wildman–Crippen MR) is 70.8 cm³/mol. The lowest BCUT2D eigenvalue weighted by atomic mass is 10.1. The Kier molecular flexibility index (Phi) is 4.02. The number of benzene rings is 1. The van der Waals surface area contributed by atoms with E-state index in [0.717, 1.165) is 16.7 Å². The molecule has 1 aliphatic heterocycles. The highest BCUT2D eigenvalue weighted by atomic mass is 16.5. The van der Waals surface area contributed by atoms with Gasteiger partial charge in [0.15, 0.2) is 0 Å². The second-order valence-electron chi connectivity index (χ2n) is 4.81. The van der Waals surface area contributed by atoms with Gasteiger partial charge in [-0.1, -0.05) is 23.8 Å². The quantitative estimate of drug-likeness (QED) is 0.633. The minimum Gasteiger partial charge on any atom is -0.461 e. The maximum absolute atomic E-state index is 11.7. The molecule has 1 aromatic carbocycles. The third-order valence-electron chi connectivity index (χ3n) is 3.12. The number of carbonyl (C=O) groups excluding carboxylic acids is 3. The van der Waals surface area contributed by atoms with E-state index in [2.05, 4.69) is 10.6 Å². The van der Waals surface area contributed by atoms with Crippen LogP contribution in [0.1, 0.15) is 23.1 Å². The van der Waals surface area contributed by atoms with Crippen LogP contribution in [0.25, 0.3) is 0 Å². The van der Waals surface area contributed by atoms with Crippen molar-refractivity contribution in [1.29, 1.82) is 0 Å². The maximum Gasteiger partial charge on any atom is 0.322 e. The van der Waals surface area contributed by atoms with Gasteiger partial charge in [0, 0.05) is 0 Å². The molecular formula is C14H16N2O4. The lowest BCUT2D eigenvalue weighted by molar-refractivity contribution is -0.146. The van der Waals surface area contributed by atoms with Gasteiger partial charge in [0.2, 0.25) is 0 Å². The number of rotatable bonds is 4. The Balaban J connectivity index is 1.88. The molecule has 0 saturated carbocycles. The van der Waals surface area contributed by atoms with Crippen LogP contribution in [0, 0.1) is 13.8 Å². The van der Waals surface area contributed by atoms with Gasteiger partial charge >= 0.3 is 12.0 Å². The van der Waals surface area contributed by atoms with Gasteiger partial charge < -0.3 is 10.1 Å². The summed E-state index contributed by atoms with van der Waals surface area (Å²) < 4.78 is 5.14. The van der Waals surface area contributed by atoms with Crippen LogP contribution in [0.15, 0.2) is 18.2 Å². The Morgan fingerprint density at radius 1 is 1.30 bits per heavy atom. The van der Waals surface area contributed by atoms with Gasteiger partial charge in [-0.15, -0.1) is 0 Å². The molecule has 0 spiro atoms. The SMILES string of the molecule is Cc1ccc(C)c(COC(=O)C[C@@H]2NC(=O)NC2=O)c1. The summed E-state index contributed by atoms with van der Waals surface area (Å²) in [5.74, 6) is -1.02. The van der Waals surface area contributed by atoms with Gasteiger partial charge in [0.1, 0.15) is 12.6 Å². The fourth-order valence-electron chi connectivity index (χ4n) is 1.94. The minimum atomic E-state index is -0.839. The molecule has 2 rings (SSSR count). The number of hydrogen-bond acceptors (Lipinski definition) is 4. The van der Waals surface area contributed by atoms with Crippen molar-refractivity contribution in [2.45, 2.75) is 32.9 Å². The third-order valence-corrected chi connectivity index (χ3v) is 3.12. The smallest absolute Gasteiger partial charge is 0.322 e. The lowest BCUT2D eigenvalue weighted by Gasteiger charge is -2.10. The van der Waals surface area contributed by atoms with Crippen LogP contribution in [-0.4, -0.2) is 23.9 Å². The van der Waals surface area contributed by atoms with Crippen LogP contribution < -0.4 is 10.6 Å². The molecule has 2 N–H and O–H groups in total. The normalized spacial score (nSPS) is 17.6. The minimum absolute atomic E-state index is 0.161. The van der Waals surface area contributed by atoms with Crippen molar-refractivity contribution >= 4 is 17.9 Å². The summed E-state index contributed by atoms with van der Waals surface area (Å²) in [5, 5.41) is 4.42. The first-order valence-corrected chi connectivity index (χ1v) is 6.29. The van der Waals surface area contributed by atoms with Crippen LogP contribution in [0.3, 0.4) is 0 Å². The molecule has 0 aromatic heterocycles. The van der Waals surface area contributed by atoms with Crippen molar-refractivity contribution in [3.8, 4) is 0 Å². The van der Waals surface area contributed by atoms with Crippen molar-refractivity contribution in [2.24, 2.45) is 0 Å². The number of amides is 3. The molecular weight excluding hydrogens is 260 g/mol. The molecule has 1 saturated heterocycles. The van der Waals surface area contributed by atoms with Crippen LogP contribution >= 0.6 is 0 Å². The molecule has 6 heteroatoms. The second kappa shape index (κ2) is 5.73. The van der Waals surface area contributed by atoms with E-state index in [9.17, 15) is 14.4 Å². The number of hydrogen-bond donors (Lipinski definition) is 2. The van der Waals surface area contributed by atoms with E-state index >= 15 is 0 Å². The van der Waals surface area contributed by atoms with E-state index in [1.165, 1.54) is 0 Å². The second-order valence-corrected chi connectivity index (χ2v) is 4.81. The average molecular weight is 276 g/mol. The van der Waals surface area contributed by atoms with E-state index in [-0.39, 0.29) is 13.0 Å². The molecule has 6 nitrogen and oxygen atoms in total. The number of nitrogens with one attached hydrogen (secondary N) is 2. The van der Waals surface area contributed by atoms with Crippen molar-refractivity contribution in [3.63, 3.8) is 0 Å². The molecule has 1 heterocycles. The number of ether oxygens (including phenoxy) is 1. The first kappa shape index (κ1) is 14.0. The highest BCUT2D eigenvalue weighted by Gasteiger charge is 2.31. The maximum atomic E-state index is 11.7. The Labute approximate surface area is 116 Å². The monoisotopic (exact) mass is 276 g/mol. The zero-order valence-electron chi connectivity index (χ0n) is 11.4.